The zero-order chi connectivity index (χ0) is 46.7. The van der Waals surface area contributed by atoms with E-state index in [0.717, 1.165) is 24.3 Å². The number of carbonyl (C=O) groups excluding carboxylic acids is 4. The number of nitrogens with zero attached hydrogens (tertiary/aromatic N) is 3. The van der Waals surface area contributed by atoms with Crippen LogP contribution in [0.3, 0.4) is 0 Å². The molecule has 2 unspecified atom stereocenters. The molecule has 2 amide bonds. The van der Waals surface area contributed by atoms with Crippen molar-refractivity contribution in [1.82, 2.24) is 5.06 Å². The molecular formula is C38H41N3O18S4. The SMILES string of the molecule is CC1(CCCS(=O)(=O)O)C(/C=C2\C(=O)C(/C=C3/N(CCCC(=O)ON4C(=O)CCC4=O)c4ccc(S(=O)(=O)O)cc4C3(C)CCCS(=O)(=O)O)=C2O)=Nc2ccc(S(=O)(=O)O)cc21. The van der Waals surface area contributed by atoms with Gasteiger partial charge in [0.05, 0.1) is 43.8 Å². The molecule has 5 N–H and O–H groups in total. The molecule has 1 fully saturated rings. The predicted octanol–water partition coefficient (Wildman–Crippen LogP) is 3.23. The molecule has 1 aliphatic carbocycles. The van der Waals surface area contributed by atoms with Gasteiger partial charge in [-0.25, -0.2) is 4.79 Å². The van der Waals surface area contributed by atoms with Crippen molar-refractivity contribution >= 4 is 81.1 Å². The summed E-state index contributed by atoms with van der Waals surface area (Å²) in [5, 5.41) is 11.9. The molecule has 0 aromatic heterocycles. The third kappa shape index (κ3) is 9.84. The molecule has 63 heavy (non-hydrogen) atoms. The summed E-state index contributed by atoms with van der Waals surface area (Å²) in [6, 6.07) is 7.05. The van der Waals surface area contributed by atoms with Crippen molar-refractivity contribution in [3.8, 4) is 0 Å². The molecule has 3 heterocycles. The molecule has 1 saturated heterocycles. The monoisotopic (exact) mass is 955 g/mol. The van der Waals surface area contributed by atoms with Crippen LogP contribution in [0, 0.1) is 0 Å². The lowest BCUT2D eigenvalue weighted by Crippen LogP contribution is -2.34. The van der Waals surface area contributed by atoms with E-state index in [-0.39, 0.29) is 103 Å². The molecule has 0 saturated carbocycles. The summed E-state index contributed by atoms with van der Waals surface area (Å²) in [4.78, 5) is 60.8. The van der Waals surface area contributed by atoms with Gasteiger partial charge in [-0.15, -0.1) is 5.06 Å². The fourth-order valence-corrected chi connectivity index (χ4v) is 10.1. The van der Waals surface area contributed by atoms with Crippen molar-refractivity contribution in [2.45, 2.75) is 85.8 Å². The van der Waals surface area contributed by atoms with Crippen molar-refractivity contribution in [1.29, 1.82) is 0 Å². The van der Waals surface area contributed by atoms with E-state index in [1.165, 1.54) is 24.3 Å². The van der Waals surface area contributed by atoms with E-state index in [1.807, 2.05) is 0 Å². The highest BCUT2D eigenvalue weighted by atomic mass is 32.2. The van der Waals surface area contributed by atoms with Crippen molar-refractivity contribution in [2.24, 2.45) is 4.99 Å². The molecule has 2 aromatic carbocycles. The Kier molecular flexibility index (Phi) is 12.6. The largest absolute Gasteiger partial charge is 0.506 e. The van der Waals surface area contributed by atoms with Gasteiger partial charge in [0.25, 0.3) is 52.3 Å². The molecule has 2 aromatic rings. The first kappa shape index (κ1) is 47.3. The van der Waals surface area contributed by atoms with Gasteiger partial charge in [-0.05, 0) is 106 Å². The number of aliphatic hydroxyl groups excluding tert-OH is 1. The summed E-state index contributed by atoms with van der Waals surface area (Å²) < 4.78 is 134. The third-order valence-electron chi connectivity index (χ3n) is 11.4. The molecule has 4 aliphatic rings. The fourth-order valence-electron chi connectivity index (χ4n) is 8.11. The average Bonchev–Trinajstić information content (AvgIpc) is 3.71. The molecule has 0 spiro atoms. The summed E-state index contributed by atoms with van der Waals surface area (Å²) in [6.07, 6.45) is 1.19. The molecular weight excluding hydrogens is 915 g/mol. The second-order valence-electron chi connectivity index (χ2n) is 15.7. The second kappa shape index (κ2) is 16.8. The number of benzene rings is 2. The van der Waals surface area contributed by atoms with Gasteiger partial charge in [0, 0.05) is 48.0 Å². The lowest BCUT2D eigenvalue weighted by atomic mass is 9.73. The molecule has 25 heteroatoms. The van der Waals surface area contributed by atoms with Crippen LogP contribution in [-0.4, -0.2) is 109 Å². The first-order valence-corrected chi connectivity index (χ1v) is 25.1. The van der Waals surface area contributed by atoms with Crippen LogP contribution in [0.4, 0.5) is 11.4 Å². The van der Waals surface area contributed by atoms with E-state index >= 15 is 0 Å². The van der Waals surface area contributed by atoms with Crippen molar-refractivity contribution in [3.05, 3.63) is 82.3 Å². The van der Waals surface area contributed by atoms with Crippen molar-refractivity contribution in [2.75, 3.05) is 23.0 Å². The van der Waals surface area contributed by atoms with E-state index in [4.69, 9.17) is 4.84 Å². The first-order chi connectivity index (χ1) is 29.0. The molecule has 6 rings (SSSR count). The molecule has 0 radical (unpaired) electrons. The van der Waals surface area contributed by atoms with E-state index in [2.05, 4.69) is 4.99 Å². The van der Waals surface area contributed by atoms with Crippen molar-refractivity contribution < 1.29 is 81.0 Å². The summed E-state index contributed by atoms with van der Waals surface area (Å²) in [5.41, 5.74) is -2.17. The van der Waals surface area contributed by atoms with Gasteiger partial charge in [0.1, 0.15) is 5.76 Å². The van der Waals surface area contributed by atoms with Gasteiger partial charge in [-0.3, -0.25) is 37.6 Å². The number of hydrogen-bond acceptors (Lipinski definition) is 16. The number of allylic oxidation sites excluding steroid dienone is 5. The molecule has 0 bridgehead atoms. The number of carbonyl (C=O) groups is 4. The van der Waals surface area contributed by atoms with Crippen LogP contribution < -0.4 is 4.90 Å². The maximum Gasteiger partial charge on any atom is 0.333 e. The van der Waals surface area contributed by atoms with Crippen molar-refractivity contribution in [3.63, 3.8) is 0 Å². The average molecular weight is 956 g/mol. The first-order valence-electron chi connectivity index (χ1n) is 19.0. The number of ketones is 1. The zero-order valence-electron chi connectivity index (χ0n) is 33.4. The van der Waals surface area contributed by atoms with E-state index < -0.39 is 102 Å². The molecule has 3 aliphatic heterocycles. The Morgan fingerprint density at radius 3 is 1.84 bits per heavy atom. The summed E-state index contributed by atoms with van der Waals surface area (Å²) >= 11 is 0. The third-order valence-corrected chi connectivity index (χ3v) is 14.7. The number of aliphatic imine (C=N–C) groups is 1. The van der Waals surface area contributed by atoms with Gasteiger partial charge in [0.2, 0.25) is 5.78 Å². The Bertz CT molecular complexity index is 2920. The normalized spacial score (nSPS) is 22.8. The minimum atomic E-state index is -4.81. The molecule has 21 nitrogen and oxygen atoms in total. The van der Waals surface area contributed by atoms with Gasteiger partial charge < -0.3 is 14.8 Å². The number of anilines is 1. The van der Waals surface area contributed by atoms with Crippen LogP contribution in [0.15, 0.2) is 85.9 Å². The highest BCUT2D eigenvalue weighted by Crippen LogP contribution is 2.53. The highest BCUT2D eigenvalue weighted by Gasteiger charge is 2.47. The van der Waals surface area contributed by atoms with Crippen LogP contribution >= 0.6 is 0 Å². The number of imide groups is 1. The number of hydrogen-bond donors (Lipinski definition) is 5. The maximum atomic E-state index is 14.0. The second-order valence-corrected chi connectivity index (χ2v) is 21.7. The standard InChI is InChI=1S/C38H41N3O18S4/c1-37(13-4-16-60(47,48)49)26-18-22(62(53,54)55)7-9-28(26)39-30(37)20-24-35(45)25(36(24)46)21-31-38(2,14-5-17-61(50,51)52)27-19-23(63(56,57)58)8-10-29(27)40(31)15-3-6-34(44)59-41-32(42)11-12-33(41)43/h7-10,18-21,45H,3-6,11-17H2,1-2H3,(H,47,48,49)(H,50,51,52)(H,53,54,55)(H,56,57,58)/b24-20-,31-21+. The lowest BCUT2D eigenvalue weighted by molar-refractivity contribution is -0.197. The number of rotatable bonds is 17. The van der Waals surface area contributed by atoms with Crippen LogP contribution in [0.25, 0.3) is 0 Å². The molecule has 2 atom stereocenters. The van der Waals surface area contributed by atoms with Gasteiger partial charge >= 0.3 is 5.97 Å². The van der Waals surface area contributed by atoms with Crippen LogP contribution in [-0.2, 0) is 75.3 Å². The quantitative estimate of drug-likeness (QED) is 0.0863. The van der Waals surface area contributed by atoms with E-state index in [0.29, 0.717) is 5.06 Å². The minimum Gasteiger partial charge on any atom is -0.506 e. The Hall–Kier alpha value is -5.15. The van der Waals surface area contributed by atoms with Gasteiger partial charge in [-0.1, -0.05) is 0 Å². The van der Waals surface area contributed by atoms with Crippen LogP contribution in [0.2, 0.25) is 0 Å². The topological polar surface area (TPSA) is 334 Å². The predicted molar refractivity (Wildman–Crippen MR) is 220 cm³/mol. The van der Waals surface area contributed by atoms with Gasteiger partial charge in [0.15, 0.2) is 0 Å². The van der Waals surface area contributed by atoms with E-state index in [9.17, 15) is 76.2 Å². The summed E-state index contributed by atoms with van der Waals surface area (Å²) in [5.74, 6) is -5.12. The minimum absolute atomic E-state index is 0.0487. The molecule has 340 valence electrons. The number of Topliss-reactive ketones (excluding diaryl/α,β-unsaturated/α-hetero) is 1. The zero-order valence-corrected chi connectivity index (χ0v) is 36.7. The Balaban J connectivity index is 1.41. The maximum absolute atomic E-state index is 14.0. The van der Waals surface area contributed by atoms with Crippen LogP contribution in [0.5, 0.6) is 0 Å². The Labute approximate surface area is 361 Å². The summed E-state index contributed by atoms with van der Waals surface area (Å²) in [7, 11) is -18.5. The number of hydroxylamine groups is 2. The number of fused-ring (bicyclic) bond motifs is 2. The number of aliphatic hydroxyl groups is 1. The van der Waals surface area contributed by atoms with Gasteiger partial charge in [-0.2, -0.15) is 33.7 Å². The van der Waals surface area contributed by atoms with E-state index in [1.54, 1.807) is 18.7 Å². The number of amides is 2. The Morgan fingerprint density at radius 1 is 0.762 bits per heavy atom. The fraction of sp³-hybridized carbons (Fsp3) is 0.395. The Morgan fingerprint density at radius 2 is 1.30 bits per heavy atom. The highest BCUT2D eigenvalue weighted by molar-refractivity contribution is 7.86. The lowest BCUT2D eigenvalue weighted by Gasteiger charge is -2.32. The summed E-state index contributed by atoms with van der Waals surface area (Å²) in [6.45, 7) is 3.03. The smallest absolute Gasteiger partial charge is 0.333 e. The van der Waals surface area contributed by atoms with Crippen LogP contribution in [0.1, 0.15) is 76.3 Å².